The number of methoxy groups -OCH3 is 1. The van der Waals surface area contributed by atoms with Crippen LogP contribution in [0.2, 0.25) is 5.02 Å². The maximum absolute atomic E-state index is 12.4. The van der Waals surface area contributed by atoms with E-state index in [1.54, 1.807) is 19.1 Å². The zero-order valence-corrected chi connectivity index (χ0v) is 15.4. The number of amides is 1. The Morgan fingerprint density at radius 1 is 1.19 bits per heavy atom. The molecule has 0 aromatic heterocycles. The second-order valence-electron chi connectivity index (χ2n) is 5.79. The molecular weight excluding hydrogens is 358 g/mol. The van der Waals surface area contributed by atoms with Gasteiger partial charge in [-0.2, -0.15) is 0 Å². The van der Waals surface area contributed by atoms with Crippen LogP contribution in [0.3, 0.4) is 0 Å². The number of benzene rings is 2. The number of hydrogen-bond donors (Lipinski definition) is 2. The fourth-order valence-corrected chi connectivity index (χ4v) is 2.56. The number of carbonyl (C=O) groups is 1. The molecule has 2 aromatic carbocycles. The normalized spacial score (nSPS) is 12.9. The number of nitrogens with one attached hydrogen (secondary N) is 2. The molecule has 26 heavy (non-hydrogen) atoms. The third-order valence-corrected chi connectivity index (χ3v) is 4.17. The van der Waals surface area contributed by atoms with E-state index in [2.05, 4.69) is 10.6 Å². The van der Waals surface area contributed by atoms with Gasteiger partial charge in [0.05, 0.1) is 29.8 Å². The molecule has 0 heterocycles. The minimum absolute atomic E-state index is 0.0632. The molecule has 7 nitrogen and oxygen atoms in total. The molecule has 0 saturated heterocycles. The van der Waals surface area contributed by atoms with Crippen LogP contribution in [0.4, 0.5) is 11.4 Å². The number of non-ortho nitro benzene ring substituents is 1. The molecule has 0 spiro atoms. The summed E-state index contributed by atoms with van der Waals surface area (Å²) >= 11 is 5.88. The number of nitro benzene ring substituents is 1. The van der Waals surface area contributed by atoms with Crippen LogP contribution >= 0.6 is 11.6 Å². The second kappa shape index (κ2) is 8.64. The minimum Gasteiger partial charge on any atom is -0.494 e. The number of hydrogen-bond acceptors (Lipinski definition) is 5. The molecule has 8 heteroatoms. The summed E-state index contributed by atoms with van der Waals surface area (Å²) in [5, 5.41) is 17.4. The van der Waals surface area contributed by atoms with E-state index in [1.807, 2.05) is 19.1 Å². The van der Waals surface area contributed by atoms with Gasteiger partial charge in [0.25, 0.3) is 5.69 Å². The van der Waals surface area contributed by atoms with Crippen molar-refractivity contribution in [3.8, 4) is 5.75 Å². The topological polar surface area (TPSA) is 93.5 Å². The van der Waals surface area contributed by atoms with E-state index < -0.39 is 11.0 Å². The first-order chi connectivity index (χ1) is 12.3. The fraction of sp³-hybridized carbons (Fsp3) is 0.278. The summed E-state index contributed by atoms with van der Waals surface area (Å²) in [6.07, 6.45) is 0. The van der Waals surface area contributed by atoms with Crippen molar-refractivity contribution >= 4 is 28.9 Å². The van der Waals surface area contributed by atoms with E-state index in [-0.39, 0.29) is 23.4 Å². The molecule has 2 rings (SSSR count). The Hall–Kier alpha value is -2.64. The lowest BCUT2D eigenvalue weighted by molar-refractivity contribution is -0.384. The van der Waals surface area contributed by atoms with Crippen LogP contribution in [0.25, 0.3) is 0 Å². The third kappa shape index (κ3) is 4.93. The fourth-order valence-electron chi connectivity index (χ4n) is 2.44. The molecule has 2 atom stereocenters. The van der Waals surface area contributed by atoms with Crippen LogP contribution in [0, 0.1) is 10.1 Å². The predicted molar refractivity (Wildman–Crippen MR) is 101 cm³/mol. The van der Waals surface area contributed by atoms with Crippen molar-refractivity contribution in [1.82, 2.24) is 5.32 Å². The van der Waals surface area contributed by atoms with E-state index in [1.165, 1.54) is 25.3 Å². The minimum atomic E-state index is -0.522. The molecule has 0 aliphatic carbocycles. The highest BCUT2D eigenvalue weighted by Crippen LogP contribution is 2.29. The summed E-state index contributed by atoms with van der Waals surface area (Å²) in [5.41, 5.74) is 1.26. The molecule has 2 aromatic rings. The maximum Gasteiger partial charge on any atom is 0.273 e. The summed E-state index contributed by atoms with van der Waals surface area (Å²) in [6.45, 7) is 3.68. The number of anilines is 1. The van der Waals surface area contributed by atoms with Crippen molar-refractivity contribution in [2.45, 2.75) is 25.9 Å². The largest absolute Gasteiger partial charge is 0.494 e. The van der Waals surface area contributed by atoms with Crippen LogP contribution in [-0.2, 0) is 4.79 Å². The molecule has 1 amide bonds. The number of nitrogens with zero attached hydrogens (tertiary/aromatic N) is 1. The lowest BCUT2D eigenvalue weighted by Crippen LogP contribution is -2.39. The van der Waals surface area contributed by atoms with Gasteiger partial charge in [-0.1, -0.05) is 23.7 Å². The summed E-state index contributed by atoms with van der Waals surface area (Å²) in [4.78, 5) is 22.7. The van der Waals surface area contributed by atoms with E-state index in [9.17, 15) is 14.9 Å². The Morgan fingerprint density at radius 2 is 1.85 bits per heavy atom. The molecule has 0 fully saturated rings. The van der Waals surface area contributed by atoms with Crippen LogP contribution in [0.5, 0.6) is 5.75 Å². The molecule has 0 unspecified atom stereocenters. The van der Waals surface area contributed by atoms with Gasteiger partial charge in [-0.15, -0.1) is 0 Å². The van der Waals surface area contributed by atoms with E-state index in [4.69, 9.17) is 16.3 Å². The first-order valence-electron chi connectivity index (χ1n) is 7.96. The molecule has 0 radical (unpaired) electrons. The lowest BCUT2D eigenvalue weighted by Gasteiger charge is -2.20. The predicted octanol–water partition coefficient (Wildman–Crippen LogP) is 3.93. The molecule has 138 valence electrons. The van der Waals surface area contributed by atoms with E-state index in [0.717, 1.165) is 5.56 Å². The van der Waals surface area contributed by atoms with E-state index in [0.29, 0.717) is 10.7 Å². The van der Waals surface area contributed by atoms with Crippen LogP contribution < -0.4 is 15.4 Å². The zero-order valence-electron chi connectivity index (χ0n) is 14.7. The molecule has 0 aliphatic heterocycles. The summed E-state index contributed by atoms with van der Waals surface area (Å²) in [7, 11) is 1.39. The third-order valence-electron chi connectivity index (χ3n) is 3.92. The highest BCUT2D eigenvalue weighted by Gasteiger charge is 2.19. The number of nitro groups is 1. The van der Waals surface area contributed by atoms with Gasteiger partial charge in [0.2, 0.25) is 5.91 Å². The van der Waals surface area contributed by atoms with Crippen LogP contribution in [0.15, 0.2) is 42.5 Å². The maximum atomic E-state index is 12.4. The highest BCUT2D eigenvalue weighted by atomic mass is 35.5. The van der Waals surface area contributed by atoms with Crippen molar-refractivity contribution in [3.05, 3.63) is 63.2 Å². The first kappa shape index (κ1) is 19.7. The number of carbonyl (C=O) groups excluding carboxylic acids is 1. The Balaban J connectivity index is 2.04. The molecule has 2 N–H and O–H groups in total. The number of halogens is 1. The number of rotatable bonds is 7. The Labute approximate surface area is 156 Å². The van der Waals surface area contributed by atoms with Crippen molar-refractivity contribution in [2.24, 2.45) is 0 Å². The van der Waals surface area contributed by atoms with Gasteiger partial charge in [0.1, 0.15) is 5.75 Å². The quantitative estimate of drug-likeness (QED) is 0.563. The van der Waals surface area contributed by atoms with Crippen molar-refractivity contribution in [1.29, 1.82) is 0 Å². The number of ether oxygens (including phenoxy) is 1. The lowest BCUT2D eigenvalue weighted by atomic mass is 10.1. The molecule has 0 saturated carbocycles. The van der Waals surface area contributed by atoms with E-state index >= 15 is 0 Å². The summed E-state index contributed by atoms with van der Waals surface area (Å²) < 4.78 is 5.13. The van der Waals surface area contributed by atoms with Gasteiger partial charge >= 0.3 is 0 Å². The van der Waals surface area contributed by atoms with Gasteiger partial charge in [0.15, 0.2) is 0 Å². The van der Waals surface area contributed by atoms with Crippen molar-refractivity contribution < 1.29 is 14.5 Å². The smallest absolute Gasteiger partial charge is 0.273 e. The van der Waals surface area contributed by atoms with Gasteiger partial charge in [-0.3, -0.25) is 20.2 Å². The monoisotopic (exact) mass is 377 g/mol. The van der Waals surface area contributed by atoms with Crippen LogP contribution in [-0.4, -0.2) is 24.0 Å². The van der Waals surface area contributed by atoms with Gasteiger partial charge in [0, 0.05) is 17.1 Å². The Bertz CT molecular complexity index is 796. The van der Waals surface area contributed by atoms with Crippen LogP contribution in [0.1, 0.15) is 25.5 Å². The standard InChI is InChI=1S/C18H20ClN3O4/c1-11(13-4-6-14(19)7-5-13)20-12(2)18(23)21-16-9-8-15(22(24)25)10-17(16)26-3/h4-12,20H,1-3H3,(H,21,23)/t11-,12-/m1/s1. The summed E-state index contributed by atoms with van der Waals surface area (Å²) in [5.74, 6) is -0.0523. The summed E-state index contributed by atoms with van der Waals surface area (Å²) in [6, 6.07) is 10.8. The zero-order chi connectivity index (χ0) is 19.3. The molecule has 0 aliphatic rings. The van der Waals surface area contributed by atoms with Crippen molar-refractivity contribution in [3.63, 3.8) is 0 Å². The first-order valence-corrected chi connectivity index (χ1v) is 8.34. The SMILES string of the molecule is COc1cc([N+](=O)[O-])ccc1NC(=O)[C@@H](C)N[C@H](C)c1ccc(Cl)cc1. The molecule has 0 bridgehead atoms. The van der Waals surface area contributed by atoms with Gasteiger partial charge in [-0.25, -0.2) is 0 Å². The Kier molecular flexibility index (Phi) is 6.54. The molecular formula is C18H20ClN3O4. The van der Waals surface area contributed by atoms with Gasteiger partial charge in [-0.05, 0) is 37.6 Å². The average molecular weight is 378 g/mol. The van der Waals surface area contributed by atoms with Gasteiger partial charge < -0.3 is 10.1 Å². The van der Waals surface area contributed by atoms with Crippen molar-refractivity contribution in [2.75, 3.05) is 12.4 Å². The second-order valence-corrected chi connectivity index (χ2v) is 6.23. The Morgan fingerprint density at radius 3 is 2.42 bits per heavy atom. The highest BCUT2D eigenvalue weighted by molar-refractivity contribution is 6.30. The average Bonchev–Trinajstić information content (AvgIpc) is 2.62.